The van der Waals surface area contributed by atoms with Crippen LogP contribution >= 0.6 is 11.8 Å². The van der Waals surface area contributed by atoms with Crippen LogP contribution in [0.1, 0.15) is 17.5 Å². The molecule has 0 saturated carbocycles. The Balaban J connectivity index is 2.23. The highest BCUT2D eigenvalue weighted by Gasteiger charge is 2.39. The molecule has 0 saturated heterocycles. The quantitative estimate of drug-likeness (QED) is 0.792. The Bertz CT molecular complexity index is 574. The second-order valence-corrected chi connectivity index (χ2v) is 6.80. The maximum absolute atomic E-state index is 12.8. The number of hydrogen-bond donors (Lipinski definition) is 1. The third-order valence-corrected chi connectivity index (χ3v) is 4.71. The van der Waals surface area contributed by atoms with Gasteiger partial charge in [0, 0.05) is 5.75 Å². The van der Waals surface area contributed by atoms with Gasteiger partial charge in [-0.2, -0.15) is 0 Å². The summed E-state index contributed by atoms with van der Waals surface area (Å²) in [5.41, 5.74) is -0.390. The van der Waals surface area contributed by atoms with Crippen molar-refractivity contribution in [3.63, 3.8) is 0 Å². The van der Waals surface area contributed by atoms with Gasteiger partial charge in [-0.3, -0.25) is 4.79 Å². The third kappa shape index (κ3) is 4.44. The molecule has 0 atom stereocenters. The Morgan fingerprint density at radius 3 is 1.91 bits per heavy atom. The van der Waals surface area contributed by atoms with Gasteiger partial charge >= 0.3 is 0 Å². The van der Waals surface area contributed by atoms with E-state index in [2.05, 4.69) is 4.90 Å². The van der Waals surface area contributed by atoms with Gasteiger partial charge in [0.15, 0.2) is 5.60 Å². The van der Waals surface area contributed by atoms with E-state index in [9.17, 15) is 9.90 Å². The van der Waals surface area contributed by atoms with Crippen LogP contribution in [0.4, 0.5) is 0 Å². The lowest BCUT2D eigenvalue weighted by Gasteiger charge is -2.27. The Morgan fingerprint density at radius 2 is 1.48 bits per heavy atom. The van der Waals surface area contributed by atoms with Crippen LogP contribution in [0, 0.1) is 0 Å². The van der Waals surface area contributed by atoms with Crippen molar-refractivity contribution in [2.24, 2.45) is 0 Å². The molecule has 0 spiro atoms. The van der Waals surface area contributed by atoms with Crippen LogP contribution in [0.3, 0.4) is 0 Å². The van der Waals surface area contributed by atoms with Crippen LogP contribution in [0.25, 0.3) is 0 Å². The van der Waals surface area contributed by atoms with Crippen molar-refractivity contribution in [3.8, 4) is 0 Å². The molecule has 0 aliphatic carbocycles. The number of rotatable bonds is 7. The molecule has 0 fully saturated rings. The topological polar surface area (TPSA) is 40.5 Å². The molecule has 0 aromatic heterocycles. The first-order chi connectivity index (χ1) is 11.0. The summed E-state index contributed by atoms with van der Waals surface area (Å²) in [7, 11) is 4.02. The minimum absolute atomic E-state index is 0.228. The maximum atomic E-state index is 12.8. The van der Waals surface area contributed by atoms with Crippen molar-refractivity contribution in [3.05, 3.63) is 71.8 Å². The SMILES string of the molecule is CN(C)CCCSC(=O)C(O)(c1ccccc1)c1ccccc1. The summed E-state index contributed by atoms with van der Waals surface area (Å²) in [5, 5.41) is 11.0. The second-order valence-electron chi connectivity index (χ2n) is 5.74. The molecule has 0 aliphatic heterocycles. The Morgan fingerprint density at radius 1 is 1.00 bits per heavy atom. The van der Waals surface area contributed by atoms with E-state index in [1.807, 2.05) is 50.5 Å². The molecule has 1 N–H and O–H groups in total. The fourth-order valence-electron chi connectivity index (χ4n) is 2.41. The van der Waals surface area contributed by atoms with Gasteiger partial charge in [-0.1, -0.05) is 72.4 Å². The van der Waals surface area contributed by atoms with Crippen molar-refractivity contribution in [2.75, 3.05) is 26.4 Å². The first-order valence-corrected chi connectivity index (χ1v) is 8.69. The fourth-order valence-corrected chi connectivity index (χ4v) is 3.31. The number of carbonyl (C=O) groups is 1. The van der Waals surface area contributed by atoms with E-state index >= 15 is 0 Å². The molecule has 0 heterocycles. The highest BCUT2D eigenvalue weighted by molar-refractivity contribution is 8.13. The van der Waals surface area contributed by atoms with Crippen molar-refractivity contribution in [1.82, 2.24) is 4.90 Å². The summed E-state index contributed by atoms with van der Waals surface area (Å²) in [6.07, 6.45) is 0.906. The molecule has 23 heavy (non-hydrogen) atoms. The van der Waals surface area contributed by atoms with Crippen LogP contribution in [0.15, 0.2) is 60.7 Å². The van der Waals surface area contributed by atoms with Gasteiger partial charge in [0.05, 0.1) is 0 Å². The molecule has 0 bridgehead atoms. The summed E-state index contributed by atoms with van der Waals surface area (Å²) < 4.78 is 0. The summed E-state index contributed by atoms with van der Waals surface area (Å²) in [6, 6.07) is 18.3. The number of benzene rings is 2. The normalized spacial score (nSPS) is 11.7. The number of nitrogens with zero attached hydrogens (tertiary/aromatic N) is 1. The van der Waals surface area contributed by atoms with E-state index < -0.39 is 5.60 Å². The van der Waals surface area contributed by atoms with E-state index in [0.717, 1.165) is 13.0 Å². The molecular weight excluding hydrogens is 306 g/mol. The van der Waals surface area contributed by atoms with Crippen LogP contribution in [0.2, 0.25) is 0 Å². The zero-order valence-electron chi connectivity index (χ0n) is 13.6. The first kappa shape index (κ1) is 17.7. The van der Waals surface area contributed by atoms with Crippen molar-refractivity contribution >= 4 is 16.9 Å². The predicted octanol–water partition coefficient (Wildman–Crippen LogP) is 3.13. The fraction of sp³-hybridized carbons (Fsp3) is 0.316. The Kier molecular flexibility index (Phi) is 6.39. The minimum atomic E-state index is -1.61. The molecular formula is C19H23NO2S. The molecule has 3 nitrogen and oxygen atoms in total. The smallest absolute Gasteiger partial charge is 0.229 e. The Hall–Kier alpha value is -1.62. The van der Waals surface area contributed by atoms with Gasteiger partial charge < -0.3 is 10.0 Å². The largest absolute Gasteiger partial charge is 0.372 e. The highest BCUT2D eigenvalue weighted by Crippen LogP contribution is 2.34. The maximum Gasteiger partial charge on any atom is 0.229 e. The summed E-state index contributed by atoms with van der Waals surface area (Å²) in [6.45, 7) is 0.926. The van der Waals surface area contributed by atoms with E-state index in [1.165, 1.54) is 11.8 Å². The molecule has 0 amide bonds. The molecule has 2 rings (SSSR count). The average Bonchev–Trinajstić information content (AvgIpc) is 2.59. The molecule has 0 unspecified atom stereocenters. The standard InChI is InChI=1S/C19H23NO2S/c1-20(2)14-9-15-23-18(21)19(22,16-10-5-3-6-11-16)17-12-7-4-8-13-17/h3-8,10-13,22H,9,14-15H2,1-2H3. The highest BCUT2D eigenvalue weighted by atomic mass is 32.2. The van der Waals surface area contributed by atoms with E-state index in [0.29, 0.717) is 16.9 Å². The van der Waals surface area contributed by atoms with Gasteiger partial charge in [-0.05, 0) is 38.2 Å². The van der Waals surface area contributed by atoms with Crippen molar-refractivity contribution < 1.29 is 9.90 Å². The molecule has 0 aliphatic rings. The van der Waals surface area contributed by atoms with Gasteiger partial charge in [0.25, 0.3) is 0 Å². The lowest BCUT2D eigenvalue weighted by atomic mass is 9.87. The molecule has 0 radical (unpaired) electrons. The lowest BCUT2D eigenvalue weighted by Crippen LogP contribution is -2.35. The summed E-state index contributed by atoms with van der Waals surface area (Å²) in [5.74, 6) is 0.693. The van der Waals surface area contributed by atoms with Crippen molar-refractivity contribution in [2.45, 2.75) is 12.0 Å². The van der Waals surface area contributed by atoms with Gasteiger partial charge in [0.1, 0.15) is 0 Å². The number of carbonyl (C=O) groups excluding carboxylic acids is 1. The van der Waals surface area contributed by atoms with Crippen LogP contribution < -0.4 is 0 Å². The number of aliphatic hydroxyl groups is 1. The minimum Gasteiger partial charge on any atom is -0.372 e. The van der Waals surface area contributed by atoms with Gasteiger partial charge in [0.2, 0.25) is 5.12 Å². The third-order valence-electron chi connectivity index (χ3n) is 3.66. The van der Waals surface area contributed by atoms with Crippen LogP contribution in [-0.4, -0.2) is 41.5 Å². The predicted molar refractivity (Wildman–Crippen MR) is 96.5 cm³/mol. The monoisotopic (exact) mass is 329 g/mol. The zero-order chi connectivity index (χ0) is 16.7. The molecule has 2 aromatic rings. The van der Waals surface area contributed by atoms with E-state index in [-0.39, 0.29) is 5.12 Å². The first-order valence-electron chi connectivity index (χ1n) is 7.70. The van der Waals surface area contributed by atoms with E-state index in [1.54, 1.807) is 24.3 Å². The van der Waals surface area contributed by atoms with Gasteiger partial charge in [-0.25, -0.2) is 0 Å². The molecule has 4 heteroatoms. The Labute approximate surface area is 142 Å². The average molecular weight is 329 g/mol. The van der Waals surface area contributed by atoms with Crippen LogP contribution in [-0.2, 0) is 10.4 Å². The van der Waals surface area contributed by atoms with Crippen molar-refractivity contribution in [1.29, 1.82) is 0 Å². The summed E-state index contributed by atoms with van der Waals surface area (Å²) >= 11 is 1.20. The molecule has 122 valence electrons. The van der Waals surface area contributed by atoms with Gasteiger partial charge in [-0.15, -0.1) is 0 Å². The van der Waals surface area contributed by atoms with Crippen LogP contribution in [0.5, 0.6) is 0 Å². The second kappa shape index (κ2) is 8.29. The zero-order valence-corrected chi connectivity index (χ0v) is 14.4. The number of hydrogen-bond acceptors (Lipinski definition) is 4. The number of thioether (sulfide) groups is 1. The van der Waals surface area contributed by atoms with E-state index in [4.69, 9.17) is 0 Å². The summed E-state index contributed by atoms with van der Waals surface area (Å²) in [4.78, 5) is 14.9. The lowest BCUT2D eigenvalue weighted by molar-refractivity contribution is -0.124. The molecule has 2 aromatic carbocycles.